The van der Waals surface area contributed by atoms with Crippen LogP contribution >= 0.6 is 0 Å². The number of carbonyl (C=O) groups is 1. The lowest BCUT2D eigenvalue weighted by Gasteiger charge is -2.13. The molecule has 3 aromatic carbocycles. The van der Waals surface area contributed by atoms with Gasteiger partial charge in [0.2, 0.25) is 5.91 Å². The van der Waals surface area contributed by atoms with Crippen molar-refractivity contribution >= 4 is 23.0 Å². The smallest absolute Gasteiger partial charge is 0.250 e. The molecule has 0 aliphatic rings. The first kappa shape index (κ1) is 16.7. The highest BCUT2D eigenvalue weighted by molar-refractivity contribution is 5.95. The Hall–Kier alpha value is -3.11. The van der Waals surface area contributed by atoms with Crippen molar-refractivity contribution < 1.29 is 9.53 Å². The lowest BCUT2D eigenvalue weighted by atomic mass is 10.2. The van der Waals surface area contributed by atoms with Crippen LogP contribution in [0.1, 0.15) is 5.56 Å². The fraction of sp³-hybridized carbons (Fsp3) is 0.0952. The molecular formula is C21H20N2O2. The zero-order valence-electron chi connectivity index (χ0n) is 13.8. The summed E-state index contributed by atoms with van der Waals surface area (Å²) in [4.78, 5) is 12.1. The van der Waals surface area contributed by atoms with Crippen LogP contribution in [0, 0.1) is 0 Å². The van der Waals surface area contributed by atoms with E-state index in [4.69, 9.17) is 4.74 Å². The van der Waals surface area contributed by atoms with Crippen LogP contribution in [0.15, 0.2) is 84.9 Å². The molecule has 0 saturated heterocycles. The van der Waals surface area contributed by atoms with Gasteiger partial charge in [-0.25, -0.2) is 0 Å². The van der Waals surface area contributed by atoms with Gasteiger partial charge in [0.25, 0.3) is 0 Å². The second-order valence-corrected chi connectivity index (χ2v) is 5.56. The monoisotopic (exact) mass is 332 g/mol. The third kappa shape index (κ3) is 5.19. The first-order valence-electron chi connectivity index (χ1n) is 8.14. The van der Waals surface area contributed by atoms with Crippen molar-refractivity contribution in [3.05, 3.63) is 90.5 Å². The van der Waals surface area contributed by atoms with Crippen LogP contribution in [0.25, 0.3) is 0 Å². The first-order chi connectivity index (χ1) is 12.3. The fourth-order valence-corrected chi connectivity index (χ4v) is 2.40. The van der Waals surface area contributed by atoms with Crippen LogP contribution in [0.4, 0.5) is 17.1 Å². The van der Waals surface area contributed by atoms with Crippen molar-refractivity contribution in [1.29, 1.82) is 0 Å². The summed E-state index contributed by atoms with van der Waals surface area (Å²) in [5, 5.41) is 6.19. The van der Waals surface area contributed by atoms with E-state index in [1.807, 2.05) is 84.9 Å². The summed E-state index contributed by atoms with van der Waals surface area (Å²) in [6, 6.07) is 27.2. The van der Waals surface area contributed by atoms with Gasteiger partial charge < -0.3 is 15.4 Å². The van der Waals surface area contributed by atoms with Crippen LogP contribution in [0.3, 0.4) is 0 Å². The maximum atomic E-state index is 12.1. The maximum absolute atomic E-state index is 12.1. The van der Waals surface area contributed by atoms with Crippen molar-refractivity contribution in [2.45, 2.75) is 6.61 Å². The number of hydrogen-bond donors (Lipinski definition) is 2. The Labute approximate surface area is 147 Å². The Morgan fingerprint density at radius 1 is 0.760 bits per heavy atom. The minimum absolute atomic E-state index is 0.00850. The second-order valence-electron chi connectivity index (χ2n) is 5.56. The number of nitrogens with one attached hydrogen (secondary N) is 2. The van der Waals surface area contributed by atoms with Gasteiger partial charge in [0.05, 0.1) is 18.0 Å². The summed E-state index contributed by atoms with van der Waals surface area (Å²) >= 11 is 0. The average Bonchev–Trinajstić information content (AvgIpc) is 2.65. The van der Waals surface area contributed by atoms with E-state index < -0.39 is 0 Å². The molecule has 0 aliphatic heterocycles. The SMILES string of the molecule is O=C(COCc1ccccc1)Nc1ccccc1Nc1ccccc1. The zero-order valence-corrected chi connectivity index (χ0v) is 13.8. The molecule has 4 nitrogen and oxygen atoms in total. The van der Waals surface area contributed by atoms with Gasteiger partial charge in [-0.1, -0.05) is 60.7 Å². The molecule has 0 bridgehead atoms. The van der Waals surface area contributed by atoms with Crippen LogP contribution < -0.4 is 10.6 Å². The van der Waals surface area contributed by atoms with Crippen molar-refractivity contribution in [2.24, 2.45) is 0 Å². The Bertz CT molecular complexity index is 804. The summed E-state index contributed by atoms with van der Waals surface area (Å²) in [6.07, 6.45) is 0. The average molecular weight is 332 g/mol. The molecule has 0 saturated carbocycles. The molecule has 3 aromatic rings. The molecule has 3 rings (SSSR count). The third-order valence-electron chi connectivity index (χ3n) is 3.60. The molecule has 0 aromatic heterocycles. The van der Waals surface area contributed by atoms with E-state index >= 15 is 0 Å². The normalized spacial score (nSPS) is 10.2. The summed E-state index contributed by atoms with van der Waals surface area (Å²) in [5.74, 6) is -0.182. The molecule has 0 unspecified atom stereocenters. The van der Waals surface area contributed by atoms with Gasteiger partial charge in [0.1, 0.15) is 6.61 Å². The number of rotatable bonds is 7. The zero-order chi connectivity index (χ0) is 17.3. The molecule has 0 atom stereocenters. The molecule has 2 N–H and O–H groups in total. The molecule has 0 radical (unpaired) electrons. The van der Waals surface area contributed by atoms with Crippen LogP contribution in [-0.4, -0.2) is 12.5 Å². The highest BCUT2D eigenvalue weighted by atomic mass is 16.5. The molecule has 0 aliphatic carbocycles. The number of benzene rings is 3. The summed E-state index contributed by atoms with van der Waals surface area (Å²) in [7, 11) is 0. The Kier molecular flexibility index (Phi) is 5.80. The standard InChI is InChI=1S/C21H20N2O2/c24-21(16-25-15-17-9-3-1-4-10-17)23-20-14-8-7-13-19(20)22-18-11-5-2-6-12-18/h1-14,22H,15-16H2,(H,23,24). The van der Waals surface area contributed by atoms with Crippen LogP contribution in [0.5, 0.6) is 0 Å². The Morgan fingerprint density at radius 3 is 2.08 bits per heavy atom. The van der Waals surface area contributed by atoms with E-state index in [-0.39, 0.29) is 12.5 Å². The minimum atomic E-state index is -0.182. The van der Waals surface area contributed by atoms with Gasteiger partial charge in [-0.05, 0) is 29.8 Å². The van der Waals surface area contributed by atoms with Crippen LogP contribution in [0.2, 0.25) is 0 Å². The predicted octanol–water partition coefficient (Wildman–Crippen LogP) is 4.59. The quantitative estimate of drug-likeness (QED) is 0.665. The fourth-order valence-electron chi connectivity index (χ4n) is 2.40. The van der Waals surface area contributed by atoms with Gasteiger partial charge in [-0.2, -0.15) is 0 Å². The largest absolute Gasteiger partial charge is 0.367 e. The molecule has 0 fully saturated rings. The summed E-state index contributed by atoms with van der Waals surface area (Å²) < 4.78 is 5.48. The van der Waals surface area contributed by atoms with Gasteiger partial charge in [0.15, 0.2) is 0 Å². The Balaban J connectivity index is 1.56. The number of hydrogen-bond acceptors (Lipinski definition) is 3. The lowest BCUT2D eigenvalue weighted by Crippen LogP contribution is -2.18. The predicted molar refractivity (Wildman–Crippen MR) is 101 cm³/mol. The highest BCUT2D eigenvalue weighted by Crippen LogP contribution is 2.25. The highest BCUT2D eigenvalue weighted by Gasteiger charge is 2.07. The van der Waals surface area contributed by atoms with E-state index in [9.17, 15) is 4.79 Å². The van der Waals surface area contributed by atoms with Gasteiger partial charge >= 0.3 is 0 Å². The maximum Gasteiger partial charge on any atom is 0.250 e. The molecule has 4 heteroatoms. The molecule has 1 amide bonds. The molecule has 0 heterocycles. The van der Waals surface area contributed by atoms with Crippen molar-refractivity contribution in [3.8, 4) is 0 Å². The second kappa shape index (κ2) is 8.66. The minimum Gasteiger partial charge on any atom is -0.367 e. The number of amides is 1. The van der Waals surface area contributed by atoms with E-state index in [1.165, 1.54) is 0 Å². The Morgan fingerprint density at radius 2 is 1.36 bits per heavy atom. The lowest BCUT2D eigenvalue weighted by molar-refractivity contribution is -0.121. The van der Waals surface area contributed by atoms with Gasteiger partial charge in [-0.15, -0.1) is 0 Å². The molecular weight excluding hydrogens is 312 g/mol. The molecule has 25 heavy (non-hydrogen) atoms. The number of ether oxygens (including phenoxy) is 1. The van der Waals surface area contributed by atoms with Crippen molar-refractivity contribution in [2.75, 3.05) is 17.2 Å². The van der Waals surface area contributed by atoms with E-state index in [0.29, 0.717) is 6.61 Å². The molecule has 126 valence electrons. The van der Waals surface area contributed by atoms with Crippen molar-refractivity contribution in [1.82, 2.24) is 0 Å². The van der Waals surface area contributed by atoms with E-state index in [1.54, 1.807) is 0 Å². The third-order valence-corrected chi connectivity index (χ3v) is 3.60. The topological polar surface area (TPSA) is 50.4 Å². The number of carbonyl (C=O) groups excluding carboxylic acids is 1. The van der Waals surface area contributed by atoms with E-state index in [0.717, 1.165) is 22.6 Å². The van der Waals surface area contributed by atoms with Gasteiger partial charge in [0, 0.05) is 5.69 Å². The van der Waals surface area contributed by atoms with Crippen molar-refractivity contribution in [3.63, 3.8) is 0 Å². The molecule has 0 spiro atoms. The van der Waals surface area contributed by atoms with E-state index in [2.05, 4.69) is 10.6 Å². The number of anilines is 3. The van der Waals surface area contributed by atoms with Gasteiger partial charge in [-0.3, -0.25) is 4.79 Å². The summed E-state index contributed by atoms with van der Waals surface area (Å²) in [6.45, 7) is 0.423. The first-order valence-corrected chi connectivity index (χ1v) is 8.14. The summed E-state index contributed by atoms with van der Waals surface area (Å²) in [5.41, 5.74) is 3.57. The number of para-hydroxylation sites is 3. The van der Waals surface area contributed by atoms with Crippen LogP contribution in [-0.2, 0) is 16.1 Å².